The minimum atomic E-state index is -1.22. The number of hydrogen-bond donors (Lipinski definition) is 1. The van der Waals surface area contributed by atoms with Crippen LogP contribution in [0, 0.1) is 0 Å². The molecule has 0 bridgehead atoms. The third-order valence-corrected chi connectivity index (χ3v) is 4.85. The zero-order chi connectivity index (χ0) is 13.7. The molecule has 2 amide bonds. The highest BCUT2D eigenvalue weighted by atomic mass is 35.5. The minimum Gasteiger partial charge on any atom is -0.456 e. The molecular weight excluding hydrogens is 315 g/mol. The fourth-order valence-corrected chi connectivity index (χ4v) is 3.67. The largest absolute Gasteiger partial charge is 0.456 e. The molecule has 1 N–H and O–H groups in total. The lowest BCUT2D eigenvalue weighted by Crippen LogP contribution is -2.70. The van der Waals surface area contributed by atoms with Crippen molar-refractivity contribution in [2.45, 2.75) is 16.3 Å². The van der Waals surface area contributed by atoms with Crippen LogP contribution in [0.5, 0.6) is 0 Å². The van der Waals surface area contributed by atoms with Gasteiger partial charge in [-0.15, -0.1) is 11.8 Å². The van der Waals surface area contributed by atoms with Gasteiger partial charge in [0.1, 0.15) is 23.7 Å². The van der Waals surface area contributed by atoms with Crippen LogP contribution in [0.3, 0.4) is 0 Å². The molecule has 0 spiro atoms. The number of nitrogens with one attached hydrogen (secondary N) is 1. The van der Waals surface area contributed by atoms with E-state index in [2.05, 4.69) is 5.32 Å². The molecule has 3 aliphatic heterocycles. The Morgan fingerprint density at radius 2 is 2.21 bits per heavy atom. The third kappa shape index (κ3) is 1.91. The monoisotopic (exact) mass is 322 g/mol. The molecule has 0 saturated carbocycles. The molecule has 6 nitrogen and oxygen atoms in total. The van der Waals surface area contributed by atoms with E-state index in [4.69, 9.17) is 27.9 Å². The summed E-state index contributed by atoms with van der Waals surface area (Å²) in [4.78, 5) is 35.1. The number of nitrogens with zero attached hydrogens (tertiary/aromatic N) is 1. The summed E-state index contributed by atoms with van der Waals surface area (Å²) in [5.41, 5.74) is 1.14. The van der Waals surface area contributed by atoms with Gasteiger partial charge in [-0.25, -0.2) is 4.79 Å². The van der Waals surface area contributed by atoms with Gasteiger partial charge in [-0.1, -0.05) is 23.2 Å². The highest BCUT2D eigenvalue weighted by molar-refractivity contribution is 8.00. The van der Waals surface area contributed by atoms with Crippen LogP contribution in [0.1, 0.15) is 0 Å². The van der Waals surface area contributed by atoms with E-state index in [1.165, 1.54) is 16.7 Å². The van der Waals surface area contributed by atoms with Crippen molar-refractivity contribution in [3.63, 3.8) is 0 Å². The second-order valence-electron chi connectivity index (χ2n) is 4.23. The van der Waals surface area contributed by atoms with Crippen LogP contribution >= 0.6 is 35.0 Å². The van der Waals surface area contributed by atoms with Crippen molar-refractivity contribution in [3.8, 4) is 0 Å². The maximum atomic E-state index is 12.0. The number of β-lactam (4-membered cyclic amide) rings is 1. The van der Waals surface area contributed by atoms with Gasteiger partial charge in [-0.05, 0) is 0 Å². The van der Waals surface area contributed by atoms with E-state index in [1.807, 2.05) is 0 Å². The van der Waals surface area contributed by atoms with Crippen LogP contribution in [-0.4, -0.2) is 51.3 Å². The lowest BCUT2D eigenvalue weighted by atomic mass is 10.0. The number of halogens is 2. The van der Waals surface area contributed by atoms with Crippen LogP contribution in [0.2, 0.25) is 0 Å². The highest BCUT2D eigenvalue weighted by Gasteiger charge is 2.55. The molecule has 3 aliphatic rings. The van der Waals surface area contributed by atoms with E-state index in [0.717, 1.165) is 5.57 Å². The summed E-state index contributed by atoms with van der Waals surface area (Å²) in [6, 6.07) is -0.694. The Morgan fingerprint density at radius 3 is 2.89 bits per heavy atom. The molecule has 0 aromatic heterocycles. The first-order valence-electron chi connectivity index (χ1n) is 5.43. The number of carbonyl (C=O) groups excluding carboxylic acids is 3. The van der Waals surface area contributed by atoms with Gasteiger partial charge in [-0.2, -0.15) is 0 Å². The molecule has 3 heterocycles. The Hall–Kier alpha value is -0.920. The van der Waals surface area contributed by atoms with Crippen molar-refractivity contribution in [3.05, 3.63) is 11.3 Å². The number of thioether (sulfide) groups is 1. The molecule has 19 heavy (non-hydrogen) atoms. The van der Waals surface area contributed by atoms with Gasteiger partial charge < -0.3 is 10.1 Å². The first-order chi connectivity index (χ1) is 9.00. The second kappa shape index (κ2) is 4.57. The number of cyclic esters (lactones) is 1. The molecule has 102 valence electrons. The summed E-state index contributed by atoms with van der Waals surface area (Å²) in [7, 11) is 0. The van der Waals surface area contributed by atoms with Crippen molar-refractivity contribution in [2.24, 2.45) is 0 Å². The molecule has 1 fully saturated rings. The van der Waals surface area contributed by atoms with Gasteiger partial charge >= 0.3 is 5.97 Å². The van der Waals surface area contributed by atoms with Gasteiger partial charge in [0, 0.05) is 11.3 Å². The lowest BCUT2D eigenvalue weighted by Gasteiger charge is -2.48. The lowest BCUT2D eigenvalue weighted by molar-refractivity contribution is -0.150. The van der Waals surface area contributed by atoms with Crippen LogP contribution in [0.15, 0.2) is 11.3 Å². The maximum absolute atomic E-state index is 12.0. The fourth-order valence-electron chi connectivity index (χ4n) is 2.22. The number of esters is 1. The van der Waals surface area contributed by atoms with E-state index in [9.17, 15) is 14.4 Å². The number of ether oxygens (including phenoxy) is 1. The Labute approximate surface area is 122 Å². The summed E-state index contributed by atoms with van der Waals surface area (Å²) < 4.78 is 4.91. The summed E-state index contributed by atoms with van der Waals surface area (Å²) in [6.45, 7) is 0.236. The van der Waals surface area contributed by atoms with Crippen LogP contribution in [-0.2, 0) is 19.1 Å². The van der Waals surface area contributed by atoms with E-state index in [-0.39, 0.29) is 17.9 Å². The molecule has 9 heteroatoms. The topological polar surface area (TPSA) is 75.7 Å². The van der Waals surface area contributed by atoms with E-state index >= 15 is 0 Å². The molecule has 0 unspecified atom stereocenters. The number of carbonyl (C=O) groups is 3. The SMILES string of the molecule is O=C1OCC2=C1N1C(=O)[C@@H](NC(=O)C(Cl)Cl)[C@H]1SC2. The van der Waals surface area contributed by atoms with E-state index < -0.39 is 22.8 Å². The summed E-state index contributed by atoms with van der Waals surface area (Å²) >= 11 is 12.3. The van der Waals surface area contributed by atoms with Gasteiger partial charge in [0.2, 0.25) is 0 Å². The van der Waals surface area contributed by atoms with Crippen molar-refractivity contribution >= 4 is 52.7 Å². The Bertz CT molecular complexity index is 522. The minimum absolute atomic E-state index is 0.236. The smallest absolute Gasteiger partial charge is 0.355 e. The molecule has 0 aromatic rings. The summed E-state index contributed by atoms with van der Waals surface area (Å²) in [6.07, 6.45) is 0. The zero-order valence-electron chi connectivity index (χ0n) is 9.39. The predicted octanol–water partition coefficient (Wildman–Crippen LogP) is 0.000900. The van der Waals surface area contributed by atoms with Crippen molar-refractivity contribution in [2.75, 3.05) is 12.4 Å². The molecule has 0 aliphatic carbocycles. The number of fused-ring (bicyclic) bond motifs is 2. The molecule has 1 saturated heterocycles. The van der Waals surface area contributed by atoms with Gasteiger partial charge in [0.25, 0.3) is 11.8 Å². The molecule has 3 rings (SSSR count). The normalized spacial score (nSPS) is 28.9. The van der Waals surface area contributed by atoms with Crippen LogP contribution < -0.4 is 5.32 Å². The second-order valence-corrected chi connectivity index (χ2v) is 6.43. The van der Waals surface area contributed by atoms with Gasteiger partial charge in [0.05, 0.1) is 0 Å². The third-order valence-electron chi connectivity index (χ3n) is 3.11. The number of amides is 2. The Morgan fingerprint density at radius 1 is 1.47 bits per heavy atom. The number of alkyl halides is 2. The van der Waals surface area contributed by atoms with Crippen LogP contribution in [0.4, 0.5) is 0 Å². The standard InChI is InChI=1S/C10H8Cl2N2O4S/c11-6(12)7(15)13-4-8(16)14-5-3(1-18-10(5)17)2-19-9(4)14/h4,6,9H,1-2H2,(H,13,15)/t4-,9-/m1/s1. The van der Waals surface area contributed by atoms with E-state index in [1.54, 1.807) is 0 Å². The first kappa shape index (κ1) is 13.1. The molecule has 0 radical (unpaired) electrons. The van der Waals surface area contributed by atoms with E-state index in [0.29, 0.717) is 11.4 Å². The van der Waals surface area contributed by atoms with Gasteiger partial charge in [-0.3, -0.25) is 14.5 Å². The average Bonchev–Trinajstić information content (AvgIpc) is 2.75. The first-order valence-corrected chi connectivity index (χ1v) is 7.35. The number of hydrogen-bond acceptors (Lipinski definition) is 5. The van der Waals surface area contributed by atoms with Gasteiger partial charge in [0.15, 0.2) is 4.84 Å². The molecule has 2 atom stereocenters. The quantitative estimate of drug-likeness (QED) is 0.440. The van der Waals surface area contributed by atoms with Crippen molar-refractivity contribution < 1.29 is 19.1 Å². The Balaban J connectivity index is 1.77. The maximum Gasteiger partial charge on any atom is 0.355 e. The number of rotatable bonds is 2. The molecular formula is C10H8Cl2N2O4S. The van der Waals surface area contributed by atoms with Crippen molar-refractivity contribution in [1.29, 1.82) is 0 Å². The van der Waals surface area contributed by atoms with Crippen LogP contribution in [0.25, 0.3) is 0 Å². The zero-order valence-corrected chi connectivity index (χ0v) is 11.7. The highest BCUT2D eigenvalue weighted by Crippen LogP contribution is 2.42. The summed E-state index contributed by atoms with van der Waals surface area (Å²) in [5.74, 6) is -0.833. The average molecular weight is 323 g/mol. The summed E-state index contributed by atoms with van der Waals surface area (Å²) in [5, 5.41) is 2.17. The Kier molecular flexibility index (Phi) is 3.15. The predicted molar refractivity (Wildman–Crippen MR) is 68.5 cm³/mol. The molecule has 0 aromatic carbocycles. The van der Waals surface area contributed by atoms with Crippen molar-refractivity contribution in [1.82, 2.24) is 10.2 Å². The fraction of sp³-hybridized carbons (Fsp3) is 0.500.